The van der Waals surface area contributed by atoms with Crippen molar-refractivity contribution in [3.05, 3.63) is 0 Å². The van der Waals surface area contributed by atoms with Crippen molar-refractivity contribution in [1.82, 2.24) is 0 Å². The van der Waals surface area contributed by atoms with E-state index in [0.717, 1.165) is 13.8 Å². The Balaban J connectivity index is -0.000000180. The third-order valence-electron chi connectivity index (χ3n) is 0.880. The van der Waals surface area contributed by atoms with Gasteiger partial charge in [0.25, 0.3) is 0 Å². The van der Waals surface area contributed by atoms with Crippen molar-refractivity contribution in [2.24, 2.45) is 22.9 Å². The molecule has 0 bridgehead atoms. The van der Waals surface area contributed by atoms with Crippen molar-refractivity contribution in [3.63, 3.8) is 0 Å². The summed E-state index contributed by atoms with van der Waals surface area (Å²) in [6.45, 7) is 2.31. The smallest absolute Gasteiger partial charge is 0.547 e. The molecule has 93 valence electrons. The van der Waals surface area contributed by atoms with Crippen LogP contribution in [-0.2, 0) is 26.7 Å². The molecule has 0 aliphatic carbocycles. The number of hydrogen-bond donors (Lipinski definition) is 4. The Labute approximate surface area is 97.4 Å². The summed E-state index contributed by atoms with van der Waals surface area (Å²) < 4.78 is 0. The number of carbonyl (C=O) groups is 2. The summed E-state index contributed by atoms with van der Waals surface area (Å²) in [6.07, 6.45) is 0. The van der Waals surface area contributed by atoms with E-state index in [9.17, 15) is 19.8 Å². The van der Waals surface area contributed by atoms with E-state index in [2.05, 4.69) is 0 Å². The van der Waals surface area contributed by atoms with Gasteiger partial charge in [-0.3, -0.25) is 0 Å². The molecular weight excluding hydrogens is 256 g/mol. The Morgan fingerprint density at radius 2 is 0.933 bits per heavy atom. The largest absolute Gasteiger partial charge is 2.00 e. The molecule has 0 rings (SSSR count). The molecule has 8 nitrogen and oxygen atoms in total. The number of carboxylic acid groups (broad SMARTS) is 2. The second-order valence-corrected chi connectivity index (χ2v) is 3.14. The third kappa shape index (κ3) is 13.3. The van der Waals surface area contributed by atoms with Gasteiger partial charge in [-0.05, 0) is 13.8 Å². The predicted octanol–water partition coefficient (Wildman–Crippen LogP) is -5.26. The van der Waals surface area contributed by atoms with Gasteiger partial charge in [0.1, 0.15) is 11.3 Å². The molecule has 0 aliphatic heterocycles. The number of carbonyl (C=O) groups excluding carboxylic acids is 2. The van der Waals surface area contributed by atoms with Crippen LogP contribution in [0, 0.1) is 0 Å². The van der Waals surface area contributed by atoms with E-state index in [1.807, 2.05) is 0 Å². The summed E-state index contributed by atoms with van der Waals surface area (Å²) in [5.41, 5.74) is 15.8. The van der Waals surface area contributed by atoms with E-state index < -0.39 is 23.3 Å². The van der Waals surface area contributed by atoms with E-state index >= 15 is 0 Å². The molecule has 1 radical (unpaired) electrons. The summed E-state index contributed by atoms with van der Waals surface area (Å²) >= 11 is 0. The van der Waals surface area contributed by atoms with Crippen LogP contribution in [0.2, 0.25) is 0 Å². The minimum atomic E-state index is -1.69. The second kappa shape index (κ2) is 6.72. The summed E-state index contributed by atoms with van der Waals surface area (Å²) in [5.74, 6) is -2.90. The number of aliphatic carboxylic acids is 2. The van der Waals surface area contributed by atoms with Crippen LogP contribution < -0.4 is 33.1 Å². The van der Waals surface area contributed by atoms with E-state index in [1.165, 1.54) is 0 Å². The van der Waals surface area contributed by atoms with E-state index in [-0.39, 0.29) is 17.1 Å². The molecule has 0 aliphatic rings. The first kappa shape index (κ1) is 19.8. The molecule has 15 heavy (non-hydrogen) atoms. The predicted molar refractivity (Wildman–Crippen MR) is 43.6 cm³/mol. The molecule has 0 heterocycles. The van der Waals surface area contributed by atoms with Crippen LogP contribution in [0.5, 0.6) is 0 Å². The number of hydrogen-bond acceptors (Lipinski definition) is 8. The van der Waals surface area contributed by atoms with Crippen LogP contribution >= 0.6 is 0 Å². The zero-order valence-electron chi connectivity index (χ0n) is 8.24. The van der Waals surface area contributed by atoms with E-state index in [1.54, 1.807) is 0 Å². The number of carboxylic acids is 2. The Morgan fingerprint density at radius 3 is 0.933 bits per heavy atom. The van der Waals surface area contributed by atoms with Crippen LogP contribution in [0.4, 0.5) is 0 Å². The number of rotatable bonds is 2. The van der Waals surface area contributed by atoms with Gasteiger partial charge in [0.2, 0.25) is 0 Å². The topological polar surface area (TPSA) is 184 Å². The molecular formula is C6H14CuN4O4. The van der Waals surface area contributed by atoms with Crippen molar-refractivity contribution >= 4 is 11.9 Å². The van der Waals surface area contributed by atoms with Gasteiger partial charge in [-0.25, -0.2) is 0 Å². The van der Waals surface area contributed by atoms with Gasteiger partial charge in [-0.2, -0.15) is 0 Å². The van der Waals surface area contributed by atoms with Crippen LogP contribution in [0.1, 0.15) is 13.8 Å². The van der Waals surface area contributed by atoms with Crippen LogP contribution in [-0.4, -0.2) is 23.3 Å². The summed E-state index contributed by atoms with van der Waals surface area (Å²) in [4.78, 5) is 19.3. The standard InChI is InChI=1S/2C3H8N2O2.Cu/c2*1-3(4,5)2(6)7;/h2*4-5H2,1H3,(H,6,7);/q;;+2/p-2. The minimum absolute atomic E-state index is 0. The second-order valence-electron chi connectivity index (χ2n) is 3.14. The Bertz CT molecular complexity index is 196. The van der Waals surface area contributed by atoms with Crippen LogP contribution in [0.25, 0.3) is 0 Å². The average molecular weight is 270 g/mol. The maximum absolute atomic E-state index is 9.66. The van der Waals surface area contributed by atoms with Crippen molar-refractivity contribution in [1.29, 1.82) is 0 Å². The average Bonchev–Trinajstić information content (AvgIpc) is 1.83. The van der Waals surface area contributed by atoms with E-state index in [4.69, 9.17) is 22.9 Å². The minimum Gasteiger partial charge on any atom is -0.547 e. The molecule has 0 unspecified atom stereocenters. The molecule has 8 N–H and O–H groups in total. The van der Waals surface area contributed by atoms with Crippen molar-refractivity contribution in [2.45, 2.75) is 25.2 Å². The molecule has 0 fully saturated rings. The molecule has 9 heteroatoms. The van der Waals surface area contributed by atoms with Crippen molar-refractivity contribution < 1.29 is 36.9 Å². The maximum Gasteiger partial charge on any atom is 2.00 e. The first-order chi connectivity index (χ1) is 5.89. The van der Waals surface area contributed by atoms with Crippen molar-refractivity contribution in [3.8, 4) is 0 Å². The first-order valence-electron chi connectivity index (χ1n) is 3.47. The molecule has 0 spiro atoms. The monoisotopic (exact) mass is 269 g/mol. The van der Waals surface area contributed by atoms with Gasteiger partial charge in [0.15, 0.2) is 0 Å². The van der Waals surface area contributed by atoms with Gasteiger partial charge < -0.3 is 42.7 Å². The molecule has 0 amide bonds. The molecule has 0 aromatic carbocycles. The fraction of sp³-hybridized carbons (Fsp3) is 0.667. The maximum atomic E-state index is 9.66. The van der Waals surface area contributed by atoms with Gasteiger partial charge in [0.05, 0.1) is 11.9 Å². The molecule has 0 saturated heterocycles. The summed E-state index contributed by atoms with van der Waals surface area (Å²) in [6, 6.07) is 0. The Morgan fingerprint density at radius 1 is 0.867 bits per heavy atom. The normalized spacial score (nSPS) is 10.5. The van der Waals surface area contributed by atoms with Gasteiger partial charge in [-0.15, -0.1) is 0 Å². The van der Waals surface area contributed by atoms with Gasteiger partial charge in [-0.1, -0.05) is 0 Å². The molecule has 0 aromatic rings. The Kier molecular flexibility index (Phi) is 8.88. The quantitative estimate of drug-likeness (QED) is 0.283. The van der Waals surface area contributed by atoms with Crippen LogP contribution in [0.3, 0.4) is 0 Å². The van der Waals surface area contributed by atoms with Crippen LogP contribution in [0.15, 0.2) is 0 Å². The fourth-order valence-electron chi connectivity index (χ4n) is 0. The first-order valence-corrected chi connectivity index (χ1v) is 3.47. The van der Waals surface area contributed by atoms with Gasteiger partial charge >= 0.3 is 17.1 Å². The zero-order valence-corrected chi connectivity index (χ0v) is 9.19. The molecule has 0 saturated carbocycles. The molecule has 0 atom stereocenters. The fourth-order valence-corrected chi connectivity index (χ4v) is 0. The van der Waals surface area contributed by atoms with Gasteiger partial charge in [0, 0.05) is 0 Å². The number of nitrogens with two attached hydrogens (primary N) is 4. The summed E-state index contributed by atoms with van der Waals surface area (Å²) in [5, 5.41) is 19.3. The summed E-state index contributed by atoms with van der Waals surface area (Å²) in [7, 11) is 0. The third-order valence-corrected chi connectivity index (χ3v) is 0.880. The molecule has 0 aromatic heterocycles. The van der Waals surface area contributed by atoms with Crippen molar-refractivity contribution in [2.75, 3.05) is 0 Å². The Hall–Kier alpha value is -0.701. The SMILES string of the molecule is CC(N)(N)C(=O)[O-].CC(N)(N)C(=O)[O-].[Cu+2]. The zero-order chi connectivity index (χ0) is 12.2. The van der Waals surface area contributed by atoms with E-state index in [0.29, 0.717) is 0 Å².